The molecule has 5 nitrogen and oxygen atoms in total. The summed E-state index contributed by atoms with van der Waals surface area (Å²) in [5.41, 5.74) is 3.73. The van der Waals surface area contributed by atoms with E-state index >= 15 is 0 Å². The van der Waals surface area contributed by atoms with E-state index in [0.29, 0.717) is 23.4 Å². The molecule has 1 atom stereocenters. The summed E-state index contributed by atoms with van der Waals surface area (Å²) in [6.07, 6.45) is 3.52. The third-order valence-electron chi connectivity index (χ3n) is 5.78. The zero-order valence-electron chi connectivity index (χ0n) is 17.6. The van der Waals surface area contributed by atoms with E-state index in [2.05, 4.69) is 52.5 Å². The second kappa shape index (κ2) is 7.48. The quantitative estimate of drug-likeness (QED) is 0.438. The van der Waals surface area contributed by atoms with Crippen LogP contribution in [0.4, 0.5) is 0 Å². The molecule has 1 aromatic carbocycles. The lowest BCUT2D eigenvalue weighted by atomic mass is 9.69. The Morgan fingerprint density at radius 3 is 2.79 bits per heavy atom. The summed E-state index contributed by atoms with van der Waals surface area (Å²) in [5, 5.41) is 5.44. The molecule has 152 valence electrons. The normalized spacial score (nSPS) is 18.1. The van der Waals surface area contributed by atoms with Crippen LogP contribution < -0.4 is 5.56 Å². The summed E-state index contributed by atoms with van der Waals surface area (Å²) >= 11 is 1.62. The molecule has 0 saturated carbocycles. The number of fused-ring (bicyclic) bond motifs is 4. The maximum absolute atomic E-state index is 13.9. The molecule has 0 N–H and O–H groups in total. The first kappa shape index (κ1) is 20.0. The largest absolute Gasteiger partial charge is 0.268 e. The number of aromatic nitrogens is 4. The first-order valence-electron chi connectivity index (χ1n) is 10.3. The van der Waals surface area contributed by atoms with Gasteiger partial charge in [0.05, 0.1) is 17.8 Å². The molecule has 0 spiro atoms. The van der Waals surface area contributed by atoms with Crippen molar-refractivity contribution in [3.63, 3.8) is 0 Å². The number of benzene rings is 1. The molecule has 2 heterocycles. The van der Waals surface area contributed by atoms with Gasteiger partial charge in [0.15, 0.2) is 5.16 Å². The molecule has 0 radical (unpaired) electrons. The Morgan fingerprint density at radius 1 is 1.34 bits per heavy atom. The number of nitrogens with zero attached hydrogens (tertiary/aromatic N) is 4. The fraction of sp³-hybridized carbons (Fsp3) is 0.435. The van der Waals surface area contributed by atoms with Crippen LogP contribution >= 0.6 is 11.8 Å². The van der Waals surface area contributed by atoms with E-state index in [9.17, 15) is 4.79 Å². The van der Waals surface area contributed by atoms with Gasteiger partial charge in [-0.2, -0.15) is 0 Å². The lowest BCUT2D eigenvalue weighted by molar-refractivity contribution is 0.439. The van der Waals surface area contributed by atoms with Gasteiger partial charge in [-0.15, -0.1) is 11.7 Å². The van der Waals surface area contributed by atoms with Crippen molar-refractivity contribution in [1.82, 2.24) is 19.2 Å². The van der Waals surface area contributed by atoms with E-state index in [1.807, 2.05) is 6.07 Å². The molecule has 3 aromatic rings. The van der Waals surface area contributed by atoms with Gasteiger partial charge in [0, 0.05) is 16.7 Å². The van der Waals surface area contributed by atoms with Gasteiger partial charge < -0.3 is 0 Å². The molecule has 0 fully saturated rings. The van der Waals surface area contributed by atoms with Crippen LogP contribution in [0.3, 0.4) is 0 Å². The topological polar surface area (TPSA) is 52.2 Å². The molecular weight excluding hydrogens is 380 g/mol. The molecule has 1 aliphatic rings. The van der Waals surface area contributed by atoms with Crippen molar-refractivity contribution in [2.24, 2.45) is 5.92 Å². The third kappa shape index (κ3) is 3.23. The predicted molar refractivity (Wildman–Crippen MR) is 120 cm³/mol. The van der Waals surface area contributed by atoms with Gasteiger partial charge in [-0.1, -0.05) is 69.8 Å². The number of hydrogen-bond acceptors (Lipinski definition) is 4. The van der Waals surface area contributed by atoms with Crippen LogP contribution in [-0.4, -0.2) is 24.9 Å². The van der Waals surface area contributed by atoms with E-state index in [1.54, 1.807) is 26.9 Å². The molecule has 2 aromatic heterocycles. The van der Waals surface area contributed by atoms with E-state index in [4.69, 9.17) is 10.1 Å². The van der Waals surface area contributed by atoms with Crippen molar-refractivity contribution in [2.75, 3.05) is 5.75 Å². The Bertz CT molecular complexity index is 1140. The highest BCUT2D eigenvalue weighted by Crippen LogP contribution is 2.42. The Labute approximate surface area is 175 Å². The minimum absolute atomic E-state index is 0.0189. The van der Waals surface area contributed by atoms with E-state index in [-0.39, 0.29) is 11.0 Å². The first-order chi connectivity index (χ1) is 13.9. The molecule has 0 unspecified atom stereocenters. The maximum atomic E-state index is 13.9. The Morgan fingerprint density at radius 2 is 2.10 bits per heavy atom. The van der Waals surface area contributed by atoms with E-state index in [1.165, 1.54) is 5.56 Å². The Kier molecular flexibility index (Phi) is 5.15. The number of rotatable bonds is 6. The van der Waals surface area contributed by atoms with Crippen LogP contribution in [0.5, 0.6) is 0 Å². The van der Waals surface area contributed by atoms with Crippen molar-refractivity contribution in [3.8, 4) is 11.3 Å². The van der Waals surface area contributed by atoms with Gasteiger partial charge in [0.1, 0.15) is 0 Å². The molecule has 1 aliphatic carbocycles. The highest BCUT2D eigenvalue weighted by molar-refractivity contribution is 7.99. The van der Waals surface area contributed by atoms with E-state index in [0.717, 1.165) is 35.4 Å². The fourth-order valence-corrected chi connectivity index (χ4v) is 5.01. The average Bonchev–Trinajstić information content (AvgIpc) is 3.04. The molecular formula is C23H28N4OS. The molecule has 0 amide bonds. The third-order valence-corrected chi connectivity index (χ3v) is 7.13. The highest BCUT2D eigenvalue weighted by atomic mass is 32.2. The summed E-state index contributed by atoms with van der Waals surface area (Å²) in [6, 6.07) is 8.31. The fourth-order valence-electron chi connectivity index (χ4n) is 4.08. The minimum atomic E-state index is -0.241. The van der Waals surface area contributed by atoms with Crippen LogP contribution in [0.15, 0.2) is 46.9 Å². The summed E-state index contributed by atoms with van der Waals surface area (Å²) in [4.78, 5) is 18.9. The maximum Gasteiger partial charge on any atom is 0.265 e. The molecule has 0 aliphatic heterocycles. The molecule has 4 rings (SSSR count). The highest BCUT2D eigenvalue weighted by Gasteiger charge is 2.38. The van der Waals surface area contributed by atoms with Gasteiger partial charge in [0.2, 0.25) is 5.78 Å². The SMILES string of the molecule is C=CCn1nc(SCC(C)C)n2c(=O)c3c(nc12)-c1ccccc1C[C@@]3(C)CC. The zero-order chi connectivity index (χ0) is 20.8. The molecule has 0 saturated heterocycles. The van der Waals surface area contributed by atoms with Crippen LogP contribution in [0.1, 0.15) is 45.2 Å². The zero-order valence-corrected chi connectivity index (χ0v) is 18.4. The van der Waals surface area contributed by atoms with Gasteiger partial charge in [-0.3, -0.25) is 4.79 Å². The van der Waals surface area contributed by atoms with Crippen molar-refractivity contribution in [1.29, 1.82) is 0 Å². The first-order valence-corrected chi connectivity index (χ1v) is 11.2. The van der Waals surface area contributed by atoms with Gasteiger partial charge >= 0.3 is 0 Å². The summed E-state index contributed by atoms with van der Waals surface area (Å²) in [7, 11) is 0. The second-order valence-corrected chi connectivity index (χ2v) is 9.47. The van der Waals surface area contributed by atoms with Crippen LogP contribution in [-0.2, 0) is 18.4 Å². The second-order valence-electron chi connectivity index (χ2n) is 8.48. The Hall–Kier alpha value is -2.34. The predicted octanol–water partition coefficient (Wildman–Crippen LogP) is 4.72. The van der Waals surface area contributed by atoms with Crippen molar-refractivity contribution in [3.05, 3.63) is 58.4 Å². The van der Waals surface area contributed by atoms with Crippen molar-refractivity contribution >= 4 is 17.5 Å². The summed E-state index contributed by atoms with van der Waals surface area (Å²) in [6.45, 7) is 13.0. The smallest absolute Gasteiger partial charge is 0.265 e. The van der Waals surface area contributed by atoms with Gasteiger partial charge in [-0.25, -0.2) is 14.1 Å². The Balaban J connectivity index is 2.06. The lowest BCUT2D eigenvalue weighted by Gasteiger charge is -2.35. The number of allylic oxidation sites excluding steroid dienone is 1. The van der Waals surface area contributed by atoms with Crippen LogP contribution in [0.25, 0.3) is 17.0 Å². The van der Waals surface area contributed by atoms with Crippen LogP contribution in [0.2, 0.25) is 0 Å². The minimum Gasteiger partial charge on any atom is -0.268 e. The number of hydrogen-bond donors (Lipinski definition) is 0. The summed E-state index contributed by atoms with van der Waals surface area (Å²) < 4.78 is 3.51. The van der Waals surface area contributed by atoms with Crippen LogP contribution in [0, 0.1) is 5.92 Å². The summed E-state index contributed by atoms with van der Waals surface area (Å²) in [5.74, 6) is 2.00. The molecule has 29 heavy (non-hydrogen) atoms. The van der Waals surface area contributed by atoms with Gasteiger partial charge in [0.25, 0.3) is 5.56 Å². The van der Waals surface area contributed by atoms with E-state index < -0.39 is 0 Å². The standard InChI is InChI=1S/C23H28N4OS/c1-6-12-26-21-24-19-17-11-9-8-10-16(17)13-23(5,7-2)18(19)20(28)27(21)22(25-26)29-14-15(3)4/h6,8-11,15H,1,7,12-14H2,2-5H3/t23-/m1/s1. The monoisotopic (exact) mass is 408 g/mol. The van der Waals surface area contributed by atoms with Gasteiger partial charge in [-0.05, 0) is 24.3 Å². The number of thioether (sulfide) groups is 1. The van der Waals surface area contributed by atoms with Crippen molar-refractivity contribution in [2.45, 2.75) is 57.7 Å². The molecule has 0 bridgehead atoms. The van der Waals surface area contributed by atoms with Crippen molar-refractivity contribution < 1.29 is 0 Å². The lowest BCUT2D eigenvalue weighted by Crippen LogP contribution is -2.37. The average molecular weight is 409 g/mol. The molecule has 6 heteroatoms.